The SMILES string of the molecule is COc1ccc(Cl)cc1C(=O)Nc1ccccc1-c1cn2cccc(C)c2n1. The lowest BCUT2D eigenvalue weighted by molar-refractivity contribution is 0.102. The summed E-state index contributed by atoms with van der Waals surface area (Å²) in [6.07, 6.45) is 3.91. The highest BCUT2D eigenvalue weighted by molar-refractivity contribution is 6.31. The van der Waals surface area contributed by atoms with Gasteiger partial charge in [0.05, 0.1) is 24.1 Å². The second-order valence-electron chi connectivity index (χ2n) is 6.39. The number of benzene rings is 2. The summed E-state index contributed by atoms with van der Waals surface area (Å²) in [5.74, 6) is 0.162. The number of hydrogen-bond acceptors (Lipinski definition) is 3. The van der Waals surface area contributed by atoms with Crippen LogP contribution in [0.3, 0.4) is 0 Å². The third-order valence-electron chi connectivity index (χ3n) is 4.54. The normalized spacial score (nSPS) is 10.8. The molecule has 0 saturated carbocycles. The molecule has 28 heavy (non-hydrogen) atoms. The smallest absolute Gasteiger partial charge is 0.259 e. The number of para-hydroxylation sites is 1. The van der Waals surface area contributed by atoms with Gasteiger partial charge >= 0.3 is 0 Å². The molecule has 2 aromatic carbocycles. The number of rotatable bonds is 4. The van der Waals surface area contributed by atoms with Gasteiger partial charge in [-0.25, -0.2) is 4.98 Å². The molecule has 4 aromatic rings. The lowest BCUT2D eigenvalue weighted by atomic mass is 10.1. The Morgan fingerprint density at radius 1 is 1.14 bits per heavy atom. The molecule has 0 aliphatic rings. The second kappa shape index (κ2) is 7.37. The standard InChI is InChI=1S/C22H18ClN3O2/c1-14-6-5-11-26-13-19(24-21(14)26)16-7-3-4-8-18(16)25-22(27)17-12-15(23)9-10-20(17)28-2/h3-13H,1-2H3,(H,25,27). The lowest BCUT2D eigenvalue weighted by Gasteiger charge is -2.12. The monoisotopic (exact) mass is 391 g/mol. The molecule has 2 heterocycles. The van der Waals surface area contributed by atoms with Crippen molar-refractivity contribution in [3.8, 4) is 17.0 Å². The van der Waals surface area contributed by atoms with Crippen LogP contribution in [-0.4, -0.2) is 22.4 Å². The predicted octanol–water partition coefficient (Wildman–Crippen LogP) is 5.22. The molecule has 0 fully saturated rings. The quantitative estimate of drug-likeness (QED) is 0.518. The van der Waals surface area contributed by atoms with Crippen LogP contribution >= 0.6 is 11.6 Å². The maximum absolute atomic E-state index is 12.9. The summed E-state index contributed by atoms with van der Waals surface area (Å²) >= 11 is 6.06. The first-order chi connectivity index (χ1) is 13.6. The van der Waals surface area contributed by atoms with Crippen molar-refractivity contribution in [3.63, 3.8) is 0 Å². The van der Waals surface area contributed by atoms with Gasteiger partial charge in [-0.1, -0.05) is 35.9 Å². The molecule has 0 aliphatic heterocycles. The van der Waals surface area contributed by atoms with E-state index in [1.165, 1.54) is 7.11 Å². The van der Waals surface area contributed by atoms with Crippen LogP contribution in [0.1, 0.15) is 15.9 Å². The maximum atomic E-state index is 12.9. The van der Waals surface area contributed by atoms with Gasteiger partial charge in [-0.05, 0) is 42.8 Å². The third-order valence-corrected chi connectivity index (χ3v) is 4.77. The molecule has 0 saturated heterocycles. The molecule has 0 radical (unpaired) electrons. The van der Waals surface area contributed by atoms with Gasteiger partial charge in [-0.2, -0.15) is 0 Å². The molecule has 5 nitrogen and oxygen atoms in total. The molecule has 1 amide bonds. The van der Waals surface area contributed by atoms with Crippen LogP contribution in [0.2, 0.25) is 5.02 Å². The van der Waals surface area contributed by atoms with Crippen molar-refractivity contribution in [2.75, 3.05) is 12.4 Å². The van der Waals surface area contributed by atoms with Crippen molar-refractivity contribution < 1.29 is 9.53 Å². The maximum Gasteiger partial charge on any atom is 0.259 e. The number of fused-ring (bicyclic) bond motifs is 1. The van der Waals surface area contributed by atoms with E-state index >= 15 is 0 Å². The highest BCUT2D eigenvalue weighted by Gasteiger charge is 2.16. The Bertz CT molecular complexity index is 1180. The van der Waals surface area contributed by atoms with Gasteiger partial charge < -0.3 is 14.5 Å². The Morgan fingerprint density at radius 3 is 2.75 bits per heavy atom. The van der Waals surface area contributed by atoms with Crippen LogP contribution < -0.4 is 10.1 Å². The number of halogens is 1. The summed E-state index contributed by atoms with van der Waals surface area (Å²) in [5, 5.41) is 3.43. The number of carbonyl (C=O) groups excluding carboxylic acids is 1. The average Bonchev–Trinajstić information content (AvgIpc) is 3.14. The number of hydrogen-bond donors (Lipinski definition) is 1. The number of carbonyl (C=O) groups is 1. The first-order valence-corrected chi connectivity index (χ1v) is 9.13. The largest absolute Gasteiger partial charge is 0.496 e. The minimum atomic E-state index is -0.299. The van der Waals surface area contributed by atoms with E-state index < -0.39 is 0 Å². The fourth-order valence-corrected chi connectivity index (χ4v) is 3.32. The Hall–Kier alpha value is -3.31. The number of aromatic nitrogens is 2. The van der Waals surface area contributed by atoms with Gasteiger partial charge in [-0.15, -0.1) is 0 Å². The van der Waals surface area contributed by atoms with Gasteiger partial charge in [0.2, 0.25) is 0 Å². The van der Waals surface area contributed by atoms with Crippen molar-refractivity contribution in [1.82, 2.24) is 9.38 Å². The van der Waals surface area contributed by atoms with Crippen LogP contribution in [0.4, 0.5) is 5.69 Å². The summed E-state index contributed by atoms with van der Waals surface area (Å²) in [6.45, 7) is 2.02. The summed E-state index contributed by atoms with van der Waals surface area (Å²) in [5.41, 5.74) is 4.61. The number of ether oxygens (including phenoxy) is 1. The van der Waals surface area contributed by atoms with E-state index in [4.69, 9.17) is 21.3 Å². The van der Waals surface area contributed by atoms with Crippen molar-refractivity contribution in [3.05, 3.63) is 83.1 Å². The predicted molar refractivity (Wildman–Crippen MR) is 111 cm³/mol. The van der Waals surface area contributed by atoms with E-state index in [-0.39, 0.29) is 5.91 Å². The zero-order valence-corrected chi connectivity index (χ0v) is 16.2. The average molecular weight is 392 g/mol. The summed E-state index contributed by atoms with van der Waals surface area (Å²) in [4.78, 5) is 17.6. The highest BCUT2D eigenvalue weighted by Crippen LogP contribution is 2.30. The number of imidazole rings is 1. The van der Waals surface area contributed by atoms with Gasteiger partial charge in [0.15, 0.2) is 0 Å². The van der Waals surface area contributed by atoms with Crippen molar-refractivity contribution in [2.45, 2.75) is 6.92 Å². The summed E-state index contributed by atoms with van der Waals surface area (Å²) in [6, 6.07) is 16.5. The van der Waals surface area contributed by atoms with Crippen molar-refractivity contribution in [1.29, 1.82) is 0 Å². The van der Waals surface area contributed by atoms with Crippen molar-refractivity contribution in [2.24, 2.45) is 0 Å². The van der Waals surface area contributed by atoms with E-state index in [1.54, 1.807) is 18.2 Å². The topological polar surface area (TPSA) is 55.6 Å². The van der Waals surface area contributed by atoms with Gasteiger partial charge in [0, 0.05) is 23.0 Å². The molecule has 0 aliphatic carbocycles. The number of amides is 1. The minimum Gasteiger partial charge on any atom is -0.496 e. The molecule has 140 valence electrons. The molecule has 2 aromatic heterocycles. The van der Waals surface area contributed by atoms with E-state index in [9.17, 15) is 4.79 Å². The van der Waals surface area contributed by atoms with Crippen LogP contribution in [0.15, 0.2) is 67.0 Å². The molecular weight excluding hydrogens is 374 g/mol. The first-order valence-electron chi connectivity index (χ1n) is 8.75. The summed E-state index contributed by atoms with van der Waals surface area (Å²) < 4.78 is 7.27. The second-order valence-corrected chi connectivity index (χ2v) is 6.83. The molecule has 0 atom stereocenters. The van der Waals surface area contributed by atoms with Gasteiger partial charge in [0.25, 0.3) is 5.91 Å². The number of nitrogens with zero attached hydrogens (tertiary/aromatic N) is 2. The Labute approximate surface area is 167 Å². The van der Waals surface area contributed by atoms with Crippen LogP contribution in [0.25, 0.3) is 16.9 Å². The van der Waals surface area contributed by atoms with E-state index in [0.29, 0.717) is 22.0 Å². The minimum absolute atomic E-state index is 0.299. The first kappa shape index (κ1) is 18.1. The van der Waals surface area contributed by atoms with Crippen LogP contribution in [0.5, 0.6) is 5.75 Å². The molecule has 1 N–H and O–H groups in total. The lowest BCUT2D eigenvalue weighted by Crippen LogP contribution is -2.14. The zero-order valence-electron chi connectivity index (χ0n) is 15.4. The molecule has 4 rings (SSSR count). The Kier molecular flexibility index (Phi) is 4.75. The van der Waals surface area contributed by atoms with Crippen LogP contribution in [-0.2, 0) is 0 Å². The molecule has 6 heteroatoms. The van der Waals surface area contributed by atoms with E-state index in [2.05, 4.69) is 5.32 Å². The number of anilines is 1. The summed E-state index contributed by atoms with van der Waals surface area (Å²) in [7, 11) is 1.52. The number of nitrogens with one attached hydrogen (secondary N) is 1. The Balaban J connectivity index is 1.73. The van der Waals surface area contributed by atoms with E-state index in [0.717, 1.165) is 22.5 Å². The van der Waals surface area contributed by atoms with Gasteiger partial charge in [-0.3, -0.25) is 4.79 Å². The molecular formula is C22H18ClN3O2. The highest BCUT2D eigenvalue weighted by atomic mass is 35.5. The van der Waals surface area contributed by atoms with Crippen molar-refractivity contribution >= 4 is 28.8 Å². The number of methoxy groups -OCH3 is 1. The fourth-order valence-electron chi connectivity index (χ4n) is 3.15. The fraction of sp³-hybridized carbons (Fsp3) is 0.0909. The number of aryl methyl sites for hydroxylation is 1. The van der Waals surface area contributed by atoms with Gasteiger partial charge in [0.1, 0.15) is 11.4 Å². The zero-order chi connectivity index (χ0) is 19.7. The molecule has 0 bridgehead atoms. The van der Waals surface area contributed by atoms with E-state index in [1.807, 2.05) is 60.1 Å². The number of pyridine rings is 1. The molecule has 0 spiro atoms. The third kappa shape index (κ3) is 3.32. The molecule has 0 unspecified atom stereocenters. The van der Waals surface area contributed by atoms with Crippen LogP contribution in [0, 0.1) is 6.92 Å². The Morgan fingerprint density at radius 2 is 1.96 bits per heavy atom.